The summed E-state index contributed by atoms with van der Waals surface area (Å²) < 4.78 is 52.8. The van der Waals surface area contributed by atoms with Gasteiger partial charge in [-0.1, -0.05) is 61.9 Å². The Morgan fingerprint density at radius 1 is 0.938 bits per heavy atom. The van der Waals surface area contributed by atoms with Crippen LogP contribution in [0.3, 0.4) is 0 Å². The van der Waals surface area contributed by atoms with Crippen molar-refractivity contribution in [3.05, 3.63) is 88.7 Å². The number of hydrogen-bond donors (Lipinski definition) is 0. The van der Waals surface area contributed by atoms with E-state index in [0.717, 1.165) is 25.7 Å². The van der Waals surface area contributed by atoms with Gasteiger partial charge in [-0.3, -0.25) is 0 Å². The third-order valence-electron chi connectivity index (χ3n) is 5.71. The molecule has 1 fully saturated rings. The SMILES string of the molecule is CCCc1ccc(CCCOc2ccc(-c3ccc(C4CO4)c(F)c3C(F)F)cc2)cc1. The smallest absolute Gasteiger partial charge is 0.267 e. The predicted molar refractivity (Wildman–Crippen MR) is 120 cm³/mol. The zero-order valence-corrected chi connectivity index (χ0v) is 18.1. The summed E-state index contributed by atoms with van der Waals surface area (Å²) in [5, 5.41) is 0. The second-order valence-corrected chi connectivity index (χ2v) is 8.10. The number of alkyl halides is 2. The summed E-state index contributed by atoms with van der Waals surface area (Å²) in [5.41, 5.74) is 2.99. The fourth-order valence-electron chi connectivity index (χ4n) is 3.91. The lowest BCUT2D eigenvalue weighted by atomic mass is 9.96. The minimum Gasteiger partial charge on any atom is -0.494 e. The van der Waals surface area contributed by atoms with Gasteiger partial charge in [0.15, 0.2) is 0 Å². The van der Waals surface area contributed by atoms with Crippen LogP contribution in [0.25, 0.3) is 11.1 Å². The molecule has 1 saturated heterocycles. The van der Waals surface area contributed by atoms with Crippen molar-refractivity contribution >= 4 is 0 Å². The summed E-state index contributed by atoms with van der Waals surface area (Å²) in [6.07, 6.45) is 0.732. The summed E-state index contributed by atoms with van der Waals surface area (Å²) in [5.74, 6) is -0.211. The Bertz CT molecular complexity index is 1030. The molecule has 0 radical (unpaired) electrons. The van der Waals surface area contributed by atoms with E-state index in [1.54, 1.807) is 30.3 Å². The monoisotopic (exact) mass is 440 g/mol. The molecule has 168 valence electrons. The number of hydrogen-bond acceptors (Lipinski definition) is 2. The van der Waals surface area contributed by atoms with Crippen LogP contribution < -0.4 is 4.74 Å². The minimum absolute atomic E-state index is 0.194. The Balaban J connectivity index is 1.35. The van der Waals surface area contributed by atoms with Crippen LogP contribution in [0.1, 0.15) is 54.5 Å². The average Bonchev–Trinajstić information content (AvgIpc) is 3.63. The first-order valence-corrected chi connectivity index (χ1v) is 11.1. The maximum atomic E-state index is 14.7. The first-order valence-electron chi connectivity index (χ1n) is 11.1. The molecule has 1 heterocycles. The first-order chi connectivity index (χ1) is 15.6. The Hall–Kier alpha value is -2.79. The van der Waals surface area contributed by atoms with Gasteiger partial charge in [0.2, 0.25) is 0 Å². The van der Waals surface area contributed by atoms with Gasteiger partial charge in [-0.05, 0) is 53.6 Å². The van der Waals surface area contributed by atoms with Crippen LogP contribution in [0.4, 0.5) is 13.2 Å². The van der Waals surface area contributed by atoms with Crippen molar-refractivity contribution in [1.82, 2.24) is 0 Å². The lowest BCUT2D eigenvalue weighted by molar-refractivity contribution is 0.146. The van der Waals surface area contributed by atoms with Gasteiger partial charge in [-0.25, -0.2) is 13.2 Å². The molecule has 5 heteroatoms. The average molecular weight is 441 g/mol. The van der Waals surface area contributed by atoms with Crippen LogP contribution in [0.15, 0.2) is 60.7 Å². The lowest BCUT2D eigenvalue weighted by Gasteiger charge is -2.14. The van der Waals surface area contributed by atoms with Crippen molar-refractivity contribution < 1.29 is 22.6 Å². The van der Waals surface area contributed by atoms with Gasteiger partial charge in [-0.2, -0.15) is 0 Å². The minimum atomic E-state index is -2.91. The number of benzene rings is 3. The van der Waals surface area contributed by atoms with E-state index in [0.29, 0.717) is 24.5 Å². The number of ether oxygens (including phenoxy) is 2. The molecule has 2 nitrogen and oxygen atoms in total. The van der Waals surface area contributed by atoms with E-state index >= 15 is 0 Å². The summed E-state index contributed by atoms with van der Waals surface area (Å²) in [7, 11) is 0. The van der Waals surface area contributed by atoms with Crippen LogP contribution in [-0.4, -0.2) is 13.2 Å². The quantitative estimate of drug-likeness (QED) is 0.241. The summed E-state index contributed by atoms with van der Waals surface area (Å²) in [6.45, 7) is 3.10. The van der Waals surface area contributed by atoms with Crippen molar-refractivity contribution in [3.63, 3.8) is 0 Å². The van der Waals surface area contributed by atoms with E-state index in [2.05, 4.69) is 31.2 Å². The highest BCUT2D eigenvalue weighted by molar-refractivity contribution is 5.69. The van der Waals surface area contributed by atoms with Crippen molar-refractivity contribution in [1.29, 1.82) is 0 Å². The second kappa shape index (κ2) is 10.2. The van der Waals surface area contributed by atoms with Gasteiger partial charge < -0.3 is 9.47 Å². The molecule has 0 saturated carbocycles. The van der Waals surface area contributed by atoms with E-state index in [9.17, 15) is 13.2 Å². The summed E-state index contributed by atoms with van der Waals surface area (Å²) in [4.78, 5) is 0. The highest BCUT2D eigenvalue weighted by Crippen LogP contribution is 2.40. The molecule has 1 aliphatic heterocycles. The third kappa shape index (κ3) is 5.33. The predicted octanol–water partition coefficient (Wildman–Crippen LogP) is 7.47. The van der Waals surface area contributed by atoms with Crippen LogP contribution >= 0.6 is 0 Å². The van der Waals surface area contributed by atoms with Crippen LogP contribution in [-0.2, 0) is 17.6 Å². The zero-order chi connectivity index (χ0) is 22.5. The Kier molecular flexibility index (Phi) is 7.15. The molecule has 0 bridgehead atoms. The third-order valence-corrected chi connectivity index (χ3v) is 5.71. The molecule has 3 aromatic rings. The Labute approximate surface area is 187 Å². The fraction of sp³-hybridized carbons (Fsp3) is 0.333. The number of epoxide rings is 1. The molecule has 32 heavy (non-hydrogen) atoms. The molecule has 3 aromatic carbocycles. The van der Waals surface area contributed by atoms with E-state index in [-0.39, 0.29) is 11.1 Å². The molecule has 0 spiro atoms. The molecular formula is C27H27F3O2. The van der Waals surface area contributed by atoms with Crippen molar-refractivity contribution in [3.8, 4) is 16.9 Å². The van der Waals surface area contributed by atoms with Gasteiger partial charge in [-0.15, -0.1) is 0 Å². The highest BCUT2D eigenvalue weighted by atomic mass is 19.3. The van der Waals surface area contributed by atoms with Crippen LogP contribution in [0, 0.1) is 5.82 Å². The maximum Gasteiger partial charge on any atom is 0.267 e. The van der Waals surface area contributed by atoms with E-state index < -0.39 is 23.9 Å². The lowest BCUT2D eigenvalue weighted by Crippen LogP contribution is -2.01. The zero-order valence-electron chi connectivity index (χ0n) is 18.1. The van der Waals surface area contributed by atoms with E-state index in [1.165, 1.54) is 17.2 Å². The molecule has 1 atom stereocenters. The van der Waals surface area contributed by atoms with E-state index in [4.69, 9.17) is 9.47 Å². The molecular weight excluding hydrogens is 413 g/mol. The molecule has 0 aliphatic carbocycles. The van der Waals surface area contributed by atoms with Crippen molar-refractivity contribution in [2.45, 2.75) is 45.1 Å². The summed E-state index contributed by atoms with van der Waals surface area (Å²) >= 11 is 0. The molecule has 0 N–H and O–H groups in total. The van der Waals surface area contributed by atoms with Crippen LogP contribution in [0.5, 0.6) is 5.75 Å². The van der Waals surface area contributed by atoms with Crippen LogP contribution in [0.2, 0.25) is 0 Å². The van der Waals surface area contributed by atoms with Crippen molar-refractivity contribution in [2.75, 3.05) is 13.2 Å². The second-order valence-electron chi connectivity index (χ2n) is 8.10. The molecule has 0 amide bonds. The van der Waals surface area contributed by atoms with Gasteiger partial charge >= 0.3 is 0 Å². The number of halogens is 3. The van der Waals surface area contributed by atoms with Gasteiger partial charge in [0, 0.05) is 5.56 Å². The molecule has 1 aliphatic rings. The standard InChI is InChI=1S/C27H27F3O2/c1-2-4-18-6-8-19(9-7-18)5-3-16-31-21-12-10-20(11-13-21)22-14-15-23(24-17-32-24)26(28)25(22)27(29)30/h6-15,24,27H,2-5,16-17H2,1H3. The number of rotatable bonds is 10. The highest BCUT2D eigenvalue weighted by Gasteiger charge is 2.32. The van der Waals surface area contributed by atoms with Gasteiger partial charge in [0.05, 0.1) is 18.8 Å². The normalized spacial score (nSPS) is 15.2. The largest absolute Gasteiger partial charge is 0.494 e. The van der Waals surface area contributed by atoms with E-state index in [1.807, 2.05) is 0 Å². The van der Waals surface area contributed by atoms with Gasteiger partial charge in [0.1, 0.15) is 17.7 Å². The van der Waals surface area contributed by atoms with Crippen molar-refractivity contribution in [2.24, 2.45) is 0 Å². The Morgan fingerprint density at radius 2 is 1.59 bits per heavy atom. The maximum absolute atomic E-state index is 14.7. The first kappa shape index (κ1) is 22.4. The fourth-order valence-corrected chi connectivity index (χ4v) is 3.91. The summed E-state index contributed by atoms with van der Waals surface area (Å²) in [6, 6.07) is 18.6. The molecule has 1 unspecified atom stereocenters. The number of aryl methyl sites for hydroxylation is 2. The molecule has 0 aromatic heterocycles. The Morgan fingerprint density at radius 3 is 2.19 bits per heavy atom. The van der Waals surface area contributed by atoms with Gasteiger partial charge in [0.25, 0.3) is 6.43 Å². The topological polar surface area (TPSA) is 21.8 Å². The molecule has 4 rings (SSSR count).